The lowest BCUT2D eigenvalue weighted by Crippen LogP contribution is -2.29. The largest absolute Gasteiger partial charge is 0.468 e. The van der Waals surface area contributed by atoms with Gasteiger partial charge in [0, 0.05) is 25.1 Å². The maximum Gasteiger partial charge on any atom is 0.327 e. The minimum Gasteiger partial charge on any atom is -0.468 e. The molecule has 2 aromatic carbocycles. The van der Waals surface area contributed by atoms with E-state index in [4.69, 9.17) is 9.94 Å². The first-order valence-electron chi connectivity index (χ1n) is 10.7. The molecule has 0 saturated heterocycles. The van der Waals surface area contributed by atoms with Gasteiger partial charge in [-0.1, -0.05) is 55.3 Å². The van der Waals surface area contributed by atoms with E-state index >= 15 is 0 Å². The summed E-state index contributed by atoms with van der Waals surface area (Å²) in [6.45, 7) is 0.469. The normalized spacial score (nSPS) is 11.4. The zero-order valence-electron chi connectivity index (χ0n) is 18.3. The number of ether oxygens (including phenoxy) is 1. The predicted octanol–water partition coefficient (Wildman–Crippen LogP) is 3.48. The Morgan fingerprint density at radius 3 is 2.09 bits per heavy atom. The van der Waals surface area contributed by atoms with Crippen molar-refractivity contribution in [3.63, 3.8) is 0 Å². The highest BCUT2D eigenvalue weighted by atomic mass is 16.5. The van der Waals surface area contributed by atoms with Crippen LogP contribution in [0, 0.1) is 0 Å². The fourth-order valence-corrected chi connectivity index (χ4v) is 3.23. The number of carbonyl (C=O) groups is 3. The van der Waals surface area contributed by atoms with E-state index in [9.17, 15) is 14.4 Å². The summed E-state index contributed by atoms with van der Waals surface area (Å²) in [4.78, 5) is 35.1. The highest BCUT2D eigenvalue weighted by molar-refractivity contribution is 5.90. The number of rotatable bonds is 13. The molecule has 0 heterocycles. The molecule has 8 nitrogen and oxygen atoms in total. The molecule has 1 unspecified atom stereocenters. The SMILES string of the molecule is COC(=O)C(NCc1ccc(NC(=O)CCCCCCC(=O)NO)cc1)c1ccccc1. The molecule has 0 aliphatic heterocycles. The van der Waals surface area contributed by atoms with E-state index < -0.39 is 6.04 Å². The average molecular weight is 442 g/mol. The molecular formula is C24H31N3O5. The van der Waals surface area contributed by atoms with Gasteiger partial charge in [0.15, 0.2) is 0 Å². The summed E-state index contributed by atoms with van der Waals surface area (Å²) in [5.41, 5.74) is 4.13. The van der Waals surface area contributed by atoms with Crippen molar-refractivity contribution in [1.29, 1.82) is 0 Å². The Bertz CT molecular complexity index is 856. The zero-order valence-corrected chi connectivity index (χ0v) is 18.3. The van der Waals surface area contributed by atoms with Crippen LogP contribution in [0.5, 0.6) is 0 Å². The lowest BCUT2D eigenvalue weighted by atomic mass is 10.1. The van der Waals surface area contributed by atoms with Crippen LogP contribution in [0.4, 0.5) is 5.69 Å². The number of unbranched alkanes of at least 4 members (excludes halogenated alkanes) is 3. The van der Waals surface area contributed by atoms with E-state index in [1.807, 2.05) is 54.6 Å². The number of nitrogens with one attached hydrogen (secondary N) is 3. The number of esters is 1. The third kappa shape index (κ3) is 8.87. The highest BCUT2D eigenvalue weighted by Crippen LogP contribution is 2.16. The molecule has 4 N–H and O–H groups in total. The molecule has 32 heavy (non-hydrogen) atoms. The molecule has 0 spiro atoms. The van der Waals surface area contributed by atoms with Crippen molar-refractivity contribution in [1.82, 2.24) is 10.8 Å². The topological polar surface area (TPSA) is 117 Å². The molecule has 172 valence electrons. The van der Waals surface area contributed by atoms with Crippen molar-refractivity contribution in [2.75, 3.05) is 12.4 Å². The van der Waals surface area contributed by atoms with Gasteiger partial charge in [-0.2, -0.15) is 0 Å². The fraction of sp³-hybridized carbons (Fsp3) is 0.375. The van der Waals surface area contributed by atoms with Crippen LogP contribution in [0.1, 0.15) is 55.7 Å². The van der Waals surface area contributed by atoms with Crippen molar-refractivity contribution in [3.05, 3.63) is 65.7 Å². The van der Waals surface area contributed by atoms with Crippen LogP contribution >= 0.6 is 0 Å². The Kier molecular flexibility index (Phi) is 10.9. The number of hydrogen-bond acceptors (Lipinski definition) is 6. The first kappa shape index (κ1) is 25.0. The lowest BCUT2D eigenvalue weighted by molar-refractivity contribution is -0.143. The van der Waals surface area contributed by atoms with Gasteiger partial charge in [0.1, 0.15) is 6.04 Å². The maximum absolute atomic E-state index is 12.1. The van der Waals surface area contributed by atoms with Gasteiger partial charge >= 0.3 is 5.97 Å². The van der Waals surface area contributed by atoms with E-state index in [1.165, 1.54) is 7.11 Å². The molecular weight excluding hydrogens is 410 g/mol. The Hall–Kier alpha value is -3.23. The van der Waals surface area contributed by atoms with E-state index in [0.717, 1.165) is 30.4 Å². The van der Waals surface area contributed by atoms with Gasteiger partial charge in [0.25, 0.3) is 0 Å². The molecule has 8 heteroatoms. The number of hydroxylamine groups is 1. The minimum atomic E-state index is -0.557. The quantitative estimate of drug-likeness (QED) is 0.164. The summed E-state index contributed by atoms with van der Waals surface area (Å²) in [6, 6.07) is 16.3. The molecule has 2 rings (SSSR count). The van der Waals surface area contributed by atoms with Gasteiger partial charge in [0.05, 0.1) is 7.11 Å². The molecule has 0 bridgehead atoms. The van der Waals surface area contributed by atoms with Crippen molar-refractivity contribution >= 4 is 23.5 Å². The minimum absolute atomic E-state index is 0.0567. The van der Waals surface area contributed by atoms with Gasteiger partial charge in [-0.25, -0.2) is 10.3 Å². The lowest BCUT2D eigenvalue weighted by Gasteiger charge is -2.17. The third-order valence-corrected chi connectivity index (χ3v) is 5.00. The number of methoxy groups -OCH3 is 1. The third-order valence-electron chi connectivity index (χ3n) is 5.00. The van der Waals surface area contributed by atoms with Gasteiger partial charge < -0.3 is 10.1 Å². The van der Waals surface area contributed by atoms with Crippen LogP contribution in [0.15, 0.2) is 54.6 Å². The van der Waals surface area contributed by atoms with Crippen LogP contribution in [0.2, 0.25) is 0 Å². The summed E-state index contributed by atoms with van der Waals surface area (Å²) in [6.07, 6.45) is 3.80. The van der Waals surface area contributed by atoms with Crippen LogP contribution in [-0.2, 0) is 25.7 Å². The summed E-state index contributed by atoms with van der Waals surface area (Å²) >= 11 is 0. The van der Waals surface area contributed by atoms with E-state index in [-0.39, 0.29) is 24.2 Å². The Labute approximate surface area is 188 Å². The standard InChI is InChI=1S/C24H31N3O5/c1-32-24(30)23(19-9-5-4-6-10-19)25-17-18-13-15-20(16-14-18)26-21(28)11-7-2-3-8-12-22(29)27-31/h4-6,9-10,13-16,23,25,31H,2-3,7-8,11-12,17H2,1H3,(H,26,28)(H,27,29). The summed E-state index contributed by atoms with van der Waals surface area (Å²) < 4.78 is 4.91. The predicted molar refractivity (Wildman–Crippen MR) is 121 cm³/mol. The Balaban J connectivity index is 1.74. The molecule has 0 radical (unpaired) electrons. The average Bonchev–Trinajstić information content (AvgIpc) is 2.82. The van der Waals surface area contributed by atoms with Gasteiger partial charge in [0.2, 0.25) is 11.8 Å². The summed E-state index contributed by atoms with van der Waals surface area (Å²) in [5, 5.41) is 14.5. The molecule has 0 aliphatic carbocycles. The number of hydrogen-bond donors (Lipinski definition) is 4. The highest BCUT2D eigenvalue weighted by Gasteiger charge is 2.20. The number of carbonyl (C=O) groups excluding carboxylic acids is 3. The van der Waals surface area contributed by atoms with Crippen LogP contribution in [-0.4, -0.2) is 30.1 Å². The van der Waals surface area contributed by atoms with Gasteiger partial charge in [-0.3, -0.25) is 20.1 Å². The monoisotopic (exact) mass is 441 g/mol. The Morgan fingerprint density at radius 1 is 0.875 bits per heavy atom. The second-order valence-electron chi connectivity index (χ2n) is 7.44. The van der Waals surface area contributed by atoms with Crippen molar-refractivity contribution in [2.45, 2.75) is 51.1 Å². The van der Waals surface area contributed by atoms with Crippen LogP contribution < -0.4 is 16.1 Å². The van der Waals surface area contributed by atoms with E-state index in [1.54, 1.807) is 5.48 Å². The molecule has 0 saturated carbocycles. The molecule has 0 aliphatic rings. The van der Waals surface area contributed by atoms with Gasteiger partial charge in [-0.05, 0) is 36.1 Å². The van der Waals surface area contributed by atoms with Crippen LogP contribution in [0.3, 0.4) is 0 Å². The first-order valence-corrected chi connectivity index (χ1v) is 10.7. The second-order valence-corrected chi connectivity index (χ2v) is 7.44. The van der Waals surface area contributed by atoms with Gasteiger partial charge in [-0.15, -0.1) is 0 Å². The molecule has 2 amide bonds. The summed E-state index contributed by atoms with van der Waals surface area (Å²) in [5.74, 6) is -0.794. The molecule has 1 atom stereocenters. The first-order chi connectivity index (χ1) is 15.5. The smallest absolute Gasteiger partial charge is 0.327 e. The van der Waals surface area contributed by atoms with E-state index in [2.05, 4.69) is 10.6 Å². The number of anilines is 1. The van der Waals surface area contributed by atoms with Crippen molar-refractivity contribution in [3.8, 4) is 0 Å². The molecule has 0 fully saturated rings. The summed E-state index contributed by atoms with van der Waals surface area (Å²) in [7, 11) is 1.37. The second kappa shape index (κ2) is 14.0. The maximum atomic E-state index is 12.1. The Morgan fingerprint density at radius 2 is 1.50 bits per heavy atom. The molecule has 2 aromatic rings. The fourth-order valence-electron chi connectivity index (χ4n) is 3.23. The number of amides is 2. The zero-order chi connectivity index (χ0) is 23.2. The van der Waals surface area contributed by atoms with Crippen molar-refractivity contribution < 1.29 is 24.3 Å². The van der Waals surface area contributed by atoms with E-state index in [0.29, 0.717) is 25.1 Å². The van der Waals surface area contributed by atoms with Crippen molar-refractivity contribution in [2.24, 2.45) is 0 Å². The van der Waals surface area contributed by atoms with Crippen LogP contribution in [0.25, 0.3) is 0 Å². The molecule has 0 aromatic heterocycles. The number of benzene rings is 2.